The van der Waals surface area contributed by atoms with Gasteiger partial charge in [-0.25, -0.2) is 0 Å². The van der Waals surface area contributed by atoms with Gasteiger partial charge < -0.3 is 9.31 Å². The maximum absolute atomic E-state index is 5.05. The van der Waals surface area contributed by atoms with Crippen molar-refractivity contribution in [1.29, 1.82) is 0 Å². The Hall–Kier alpha value is -0.455. The van der Waals surface area contributed by atoms with Gasteiger partial charge in [0.05, 0.1) is 0 Å². The second-order valence-corrected chi connectivity index (χ2v) is 1.55. The SMILES string of the molecule is C#CC1CCO[B]O1. The van der Waals surface area contributed by atoms with Crippen LogP contribution in [0.4, 0.5) is 0 Å². The molecule has 1 aliphatic heterocycles. The summed E-state index contributed by atoms with van der Waals surface area (Å²) >= 11 is 0. The molecule has 1 saturated heterocycles. The predicted molar refractivity (Wildman–Crippen MR) is 30.0 cm³/mol. The first-order valence-corrected chi connectivity index (χ1v) is 2.48. The summed E-state index contributed by atoms with van der Waals surface area (Å²) in [5.41, 5.74) is 0. The molecular formula is C5H6BO2. The van der Waals surface area contributed by atoms with E-state index in [1.54, 1.807) is 0 Å². The third-order valence-corrected chi connectivity index (χ3v) is 0.972. The Morgan fingerprint density at radius 1 is 1.75 bits per heavy atom. The highest BCUT2D eigenvalue weighted by molar-refractivity contribution is 6.18. The lowest BCUT2D eigenvalue weighted by atomic mass is 10.2. The van der Waals surface area contributed by atoms with E-state index in [4.69, 9.17) is 15.7 Å². The van der Waals surface area contributed by atoms with E-state index in [1.807, 2.05) is 0 Å². The van der Waals surface area contributed by atoms with Crippen molar-refractivity contribution in [3.05, 3.63) is 0 Å². The van der Waals surface area contributed by atoms with E-state index in [2.05, 4.69) is 5.92 Å². The van der Waals surface area contributed by atoms with Gasteiger partial charge in [0.2, 0.25) is 0 Å². The van der Waals surface area contributed by atoms with Crippen LogP contribution < -0.4 is 0 Å². The lowest BCUT2D eigenvalue weighted by Crippen LogP contribution is -2.24. The summed E-state index contributed by atoms with van der Waals surface area (Å²) in [6.45, 7) is 0.675. The van der Waals surface area contributed by atoms with Crippen molar-refractivity contribution in [3.8, 4) is 12.3 Å². The third kappa shape index (κ3) is 1.26. The van der Waals surface area contributed by atoms with E-state index in [0.717, 1.165) is 6.42 Å². The summed E-state index contributed by atoms with van der Waals surface area (Å²) in [5, 5.41) is 0. The number of terminal acetylenes is 1. The number of hydrogen-bond donors (Lipinski definition) is 0. The molecule has 0 spiro atoms. The van der Waals surface area contributed by atoms with Crippen LogP contribution in [0, 0.1) is 12.3 Å². The average molecular weight is 109 g/mol. The van der Waals surface area contributed by atoms with Crippen molar-refractivity contribution in [2.45, 2.75) is 12.5 Å². The zero-order chi connectivity index (χ0) is 5.82. The fourth-order valence-electron chi connectivity index (χ4n) is 0.520. The fourth-order valence-corrected chi connectivity index (χ4v) is 0.520. The maximum Gasteiger partial charge on any atom is 0.488 e. The van der Waals surface area contributed by atoms with Crippen molar-refractivity contribution < 1.29 is 9.31 Å². The van der Waals surface area contributed by atoms with Gasteiger partial charge >= 0.3 is 7.69 Å². The maximum atomic E-state index is 5.05. The molecule has 1 atom stereocenters. The van der Waals surface area contributed by atoms with Gasteiger partial charge in [-0.05, 0) is 0 Å². The van der Waals surface area contributed by atoms with Gasteiger partial charge in [-0.15, -0.1) is 6.42 Å². The van der Waals surface area contributed by atoms with Gasteiger partial charge in [0.1, 0.15) is 6.10 Å². The van der Waals surface area contributed by atoms with Crippen molar-refractivity contribution in [3.63, 3.8) is 0 Å². The van der Waals surface area contributed by atoms with Crippen LogP contribution in [0.2, 0.25) is 0 Å². The van der Waals surface area contributed by atoms with Crippen LogP contribution in [0.25, 0.3) is 0 Å². The van der Waals surface area contributed by atoms with Crippen molar-refractivity contribution in [2.24, 2.45) is 0 Å². The van der Waals surface area contributed by atoms with Gasteiger partial charge in [-0.3, -0.25) is 0 Å². The van der Waals surface area contributed by atoms with Crippen LogP contribution in [0.3, 0.4) is 0 Å². The van der Waals surface area contributed by atoms with Crippen LogP contribution >= 0.6 is 0 Å². The smallest absolute Gasteiger partial charge is 0.413 e. The molecule has 1 heterocycles. The van der Waals surface area contributed by atoms with E-state index in [0.29, 0.717) is 6.61 Å². The van der Waals surface area contributed by atoms with E-state index in [-0.39, 0.29) is 6.10 Å². The van der Waals surface area contributed by atoms with Crippen molar-refractivity contribution >= 4 is 7.69 Å². The minimum atomic E-state index is -0.0660. The Bertz CT molecular complexity index is 101. The lowest BCUT2D eigenvalue weighted by Gasteiger charge is -2.16. The molecule has 8 heavy (non-hydrogen) atoms. The zero-order valence-electron chi connectivity index (χ0n) is 4.46. The number of hydrogen-bond acceptors (Lipinski definition) is 2. The minimum absolute atomic E-state index is 0.0660. The summed E-state index contributed by atoms with van der Waals surface area (Å²) < 4.78 is 9.60. The van der Waals surface area contributed by atoms with Crippen LogP contribution in [0.15, 0.2) is 0 Å². The van der Waals surface area contributed by atoms with Crippen LogP contribution in [-0.4, -0.2) is 20.4 Å². The van der Waals surface area contributed by atoms with Crippen LogP contribution in [0.5, 0.6) is 0 Å². The first-order valence-electron chi connectivity index (χ1n) is 2.48. The standard InChI is InChI=1S/C5H6BO2/c1-2-5-3-4-7-6-8-5/h1,5H,3-4H2. The summed E-state index contributed by atoms with van der Waals surface area (Å²) in [7, 11) is 1.30. The van der Waals surface area contributed by atoms with Gasteiger partial charge in [0.15, 0.2) is 0 Å². The van der Waals surface area contributed by atoms with Gasteiger partial charge in [0, 0.05) is 13.0 Å². The second-order valence-electron chi connectivity index (χ2n) is 1.55. The first-order chi connectivity index (χ1) is 3.93. The Balaban J connectivity index is 2.25. The molecule has 1 radical (unpaired) electrons. The van der Waals surface area contributed by atoms with E-state index < -0.39 is 0 Å². The molecule has 1 fully saturated rings. The van der Waals surface area contributed by atoms with E-state index >= 15 is 0 Å². The molecule has 0 aliphatic carbocycles. The molecule has 2 nitrogen and oxygen atoms in total. The molecule has 1 rings (SSSR count). The first kappa shape index (κ1) is 5.68. The molecule has 41 valence electrons. The van der Waals surface area contributed by atoms with Crippen LogP contribution in [0.1, 0.15) is 6.42 Å². The lowest BCUT2D eigenvalue weighted by molar-refractivity contribution is 0.119. The highest BCUT2D eigenvalue weighted by atomic mass is 16.6. The third-order valence-electron chi connectivity index (χ3n) is 0.972. The molecule has 0 bridgehead atoms. The average Bonchev–Trinajstić information content (AvgIpc) is 1.90. The van der Waals surface area contributed by atoms with E-state index in [9.17, 15) is 0 Å². The number of rotatable bonds is 0. The van der Waals surface area contributed by atoms with Crippen molar-refractivity contribution in [2.75, 3.05) is 6.61 Å². The minimum Gasteiger partial charge on any atom is -0.413 e. The summed E-state index contributed by atoms with van der Waals surface area (Å²) in [4.78, 5) is 0. The van der Waals surface area contributed by atoms with Crippen LogP contribution in [-0.2, 0) is 9.31 Å². The summed E-state index contributed by atoms with van der Waals surface area (Å²) in [6.07, 6.45) is 5.79. The van der Waals surface area contributed by atoms with Gasteiger partial charge in [0.25, 0.3) is 0 Å². The molecule has 0 aromatic heterocycles. The Labute approximate surface area is 49.5 Å². The predicted octanol–water partition coefficient (Wildman–Crippen LogP) is -0.0407. The molecule has 0 N–H and O–H groups in total. The summed E-state index contributed by atoms with van der Waals surface area (Å²) in [5.74, 6) is 2.47. The molecule has 0 amide bonds. The second kappa shape index (κ2) is 2.76. The zero-order valence-corrected chi connectivity index (χ0v) is 4.46. The summed E-state index contributed by atoms with van der Waals surface area (Å²) in [6, 6.07) is 0. The topological polar surface area (TPSA) is 18.5 Å². The molecule has 1 unspecified atom stereocenters. The highest BCUT2D eigenvalue weighted by Gasteiger charge is 2.11. The van der Waals surface area contributed by atoms with Gasteiger partial charge in [-0.1, -0.05) is 5.92 Å². The molecule has 0 saturated carbocycles. The fraction of sp³-hybridized carbons (Fsp3) is 0.600. The molecular weight excluding hydrogens is 103 g/mol. The highest BCUT2D eigenvalue weighted by Crippen LogP contribution is 2.01. The molecule has 3 heteroatoms. The van der Waals surface area contributed by atoms with Crippen molar-refractivity contribution in [1.82, 2.24) is 0 Å². The molecule has 1 aliphatic rings. The quantitative estimate of drug-likeness (QED) is 0.321. The Morgan fingerprint density at radius 2 is 2.62 bits per heavy atom. The Kier molecular flexibility index (Phi) is 1.96. The molecule has 0 aromatic rings. The Morgan fingerprint density at radius 3 is 3.00 bits per heavy atom. The normalized spacial score (nSPS) is 28.1. The van der Waals surface area contributed by atoms with E-state index in [1.165, 1.54) is 7.69 Å². The van der Waals surface area contributed by atoms with Gasteiger partial charge in [-0.2, -0.15) is 0 Å². The molecule has 0 aromatic carbocycles. The largest absolute Gasteiger partial charge is 0.488 e. The monoisotopic (exact) mass is 109 g/mol.